The molecule has 4 aromatic rings. The number of fused-ring (bicyclic) bond motifs is 1. The van der Waals surface area contributed by atoms with Crippen molar-refractivity contribution in [2.45, 2.75) is 25.2 Å². The number of nitrogens with one attached hydrogen (secondary N) is 4. The highest BCUT2D eigenvalue weighted by Gasteiger charge is 2.43. The molecule has 10 nitrogen and oxygen atoms in total. The van der Waals surface area contributed by atoms with Gasteiger partial charge in [-0.15, -0.1) is 0 Å². The van der Waals surface area contributed by atoms with Crippen LogP contribution in [0.4, 0.5) is 5.82 Å². The first-order chi connectivity index (χ1) is 19.4. The number of rotatable bonds is 8. The summed E-state index contributed by atoms with van der Waals surface area (Å²) in [6.45, 7) is 3.25. The zero-order valence-electron chi connectivity index (χ0n) is 22.7. The number of aromatic amines is 1. The van der Waals surface area contributed by atoms with E-state index in [1.165, 1.54) is 6.92 Å². The van der Waals surface area contributed by atoms with Crippen molar-refractivity contribution in [1.29, 1.82) is 0 Å². The maximum atomic E-state index is 13.6. The summed E-state index contributed by atoms with van der Waals surface area (Å²) in [6.07, 6.45) is 1.05. The minimum absolute atomic E-state index is 0.0323. The molecule has 1 fully saturated rings. The molecule has 4 N–H and O–H groups in total. The zero-order valence-corrected chi connectivity index (χ0v) is 22.7. The molecular weight excluding hydrogens is 506 g/mol. The molecule has 2 aromatic carbocycles. The van der Waals surface area contributed by atoms with Crippen molar-refractivity contribution < 1.29 is 14.4 Å². The van der Waals surface area contributed by atoms with Gasteiger partial charge in [0, 0.05) is 45.7 Å². The van der Waals surface area contributed by atoms with Gasteiger partial charge in [-0.1, -0.05) is 60.7 Å². The van der Waals surface area contributed by atoms with Crippen LogP contribution in [-0.4, -0.2) is 70.8 Å². The van der Waals surface area contributed by atoms with Gasteiger partial charge >= 0.3 is 0 Å². The van der Waals surface area contributed by atoms with Gasteiger partial charge in [0.1, 0.15) is 17.2 Å². The third kappa shape index (κ3) is 5.38. The van der Waals surface area contributed by atoms with Crippen molar-refractivity contribution >= 4 is 34.6 Å². The summed E-state index contributed by atoms with van der Waals surface area (Å²) in [7, 11) is 1.65. The minimum Gasteiger partial charge on any atom is -0.368 e. The van der Waals surface area contributed by atoms with Crippen LogP contribution in [-0.2, 0) is 15.0 Å². The molecule has 0 atom stereocenters. The minimum atomic E-state index is -0.672. The van der Waals surface area contributed by atoms with E-state index in [1.54, 1.807) is 18.0 Å². The highest BCUT2D eigenvalue weighted by Crippen LogP contribution is 2.36. The predicted molar refractivity (Wildman–Crippen MR) is 154 cm³/mol. The lowest BCUT2D eigenvalue weighted by atomic mass is 9.72. The maximum absolute atomic E-state index is 13.6. The summed E-state index contributed by atoms with van der Waals surface area (Å²) in [4.78, 5) is 52.4. The number of anilines is 1. The summed E-state index contributed by atoms with van der Waals surface area (Å²) >= 11 is 0. The molecule has 10 heteroatoms. The zero-order chi connectivity index (χ0) is 28.1. The van der Waals surface area contributed by atoms with Crippen LogP contribution < -0.4 is 16.0 Å². The Morgan fingerprint density at radius 3 is 2.27 bits per heavy atom. The molecule has 3 heterocycles. The van der Waals surface area contributed by atoms with Crippen LogP contribution in [0.15, 0.2) is 66.7 Å². The largest absolute Gasteiger partial charge is 0.368 e. The van der Waals surface area contributed by atoms with Gasteiger partial charge in [-0.3, -0.25) is 14.4 Å². The predicted octanol–water partition coefficient (Wildman–Crippen LogP) is 3.09. The first-order valence-electron chi connectivity index (χ1n) is 13.4. The third-order valence-electron chi connectivity index (χ3n) is 7.43. The molecule has 1 aliphatic rings. The number of amides is 3. The van der Waals surface area contributed by atoms with E-state index >= 15 is 0 Å². The Kier molecular flexibility index (Phi) is 7.77. The van der Waals surface area contributed by atoms with Gasteiger partial charge in [-0.25, -0.2) is 9.97 Å². The second-order valence-corrected chi connectivity index (χ2v) is 9.94. The van der Waals surface area contributed by atoms with Gasteiger partial charge in [0.05, 0.1) is 10.8 Å². The van der Waals surface area contributed by atoms with E-state index < -0.39 is 5.41 Å². The van der Waals surface area contributed by atoms with Crippen LogP contribution in [0.1, 0.15) is 35.8 Å². The summed E-state index contributed by atoms with van der Waals surface area (Å²) in [6, 6.07) is 21.2. The number of hydrogen-bond donors (Lipinski definition) is 4. The van der Waals surface area contributed by atoms with Gasteiger partial charge in [-0.05, 0) is 24.5 Å². The Morgan fingerprint density at radius 1 is 0.950 bits per heavy atom. The van der Waals surface area contributed by atoms with Gasteiger partial charge in [-0.2, -0.15) is 0 Å². The molecule has 2 aromatic heterocycles. The first-order valence-corrected chi connectivity index (χ1v) is 13.4. The average molecular weight is 540 g/mol. The standard InChI is InChI=1S/C30H33N7O3/c1-20(38)32-15-16-33-26-23-19-24(34-27(23)36-25(35-26)21-9-5-3-6-10-21)28(39)37-17-13-30(14-18-37,29(40)31-2)22-11-7-4-8-12-22/h3-12,19H,13-18H2,1-2H3,(H,31,40)(H,32,38)(H2,33,34,35,36). The van der Waals surface area contributed by atoms with Crippen molar-refractivity contribution in [3.05, 3.63) is 78.0 Å². The van der Waals surface area contributed by atoms with E-state index in [1.807, 2.05) is 60.7 Å². The summed E-state index contributed by atoms with van der Waals surface area (Å²) in [5, 5.41) is 9.56. The van der Waals surface area contributed by atoms with Crippen molar-refractivity contribution in [3.63, 3.8) is 0 Å². The molecule has 0 saturated carbocycles. The van der Waals surface area contributed by atoms with Gasteiger partial charge in [0.15, 0.2) is 5.82 Å². The lowest BCUT2D eigenvalue weighted by molar-refractivity contribution is -0.128. The highest BCUT2D eigenvalue weighted by molar-refractivity contribution is 6.00. The van der Waals surface area contributed by atoms with Crippen LogP contribution >= 0.6 is 0 Å². The van der Waals surface area contributed by atoms with Gasteiger partial charge in [0.25, 0.3) is 5.91 Å². The van der Waals surface area contributed by atoms with E-state index in [-0.39, 0.29) is 17.7 Å². The average Bonchev–Trinajstić information content (AvgIpc) is 3.44. The molecule has 206 valence electrons. The molecular formula is C30H33N7O3. The Labute approximate surface area is 232 Å². The van der Waals surface area contributed by atoms with Crippen LogP contribution in [0.25, 0.3) is 22.4 Å². The van der Waals surface area contributed by atoms with Gasteiger partial charge in [0.2, 0.25) is 11.8 Å². The Balaban J connectivity index is 1.40. The number of hydrogen-bond acceptors (Lipinski definition) is 6. The fourth-order valence-electron chi connectivity index (χ4n) is 5.30. The SMILES string of the molecule is CNC(=O)C1(c2ccccc2)CCN(C(=O)c2cc3c(NCCNC(C)=O)nc(-c4ccccc4)nc3[nH]2)CC1. The summed E-state index contributed by atoms with van der Waals surface area (Å²) in [5.74, 6) is 0.804. The van der Waals surface area contributed by atoms with Crippen LogP contribution in [0.5, 0.6) is 0 Å². The lowest BCUT2D eigenvalue weighted by Crippen LogP contribution is -2.52. The third-order valence-corrected chi connectivity index (χ3v) is 7.43. The number of nitrogens with zero attached hydrogens (tertiary/aromatic N) is 3. The number of H-pyrrole nitrogens is 1. The summed E-state index contributed by atoms with van der Waals surface area (Å²) < 4.78 is 0. The molecule has 0 spiro atoms. The molecule has 0 bridgehead atoms. The van der Waals surface area contributed by atoms with E-state index in [2.05, 4.69) is 20.9 Å². The van der Waals surface area contributed by atoms with Crippen LogP contribution in [0, 0.1) is 0 Å². The number of benzene rings is 2. The van der Waals surface area contributed by atoms with Gasteiger partial charge < -0.3 is 25.8 Å². The smallest absolute Gasteiger partial charge is 0.270 e. The number of aromatic nitrogens is 3. The normalized spacial score (nSPS) is 14.5. The first kappa shape index (κ1) is 26.9. The molecule has 1 aliphatic heterocycles. The van der Waals surface area contributed by atoms with Crippen molar-refractivity contribution in [3.8, 4) is 11.4 Å². The number of likely N-dealkylation sites (N-methyl/N-ethyl adjacent to an activating group) is 1. The highest BCUT2D eigenvalue weighted by atomic mass is 16.2. The fourth-order valence-corrected chi connectivity index (χ4v) is 5.30. The van der Waals surface area contributed by atoms with Crippen molar-refractivity contribution in [2.24, 2.45) is 0 Å². The Bertz CT molecular complexity index is 1510. The quantitative estimate of drug-likeness (QED) is 0.255. The van der Waals surface area contributed by atoms with E-state index in [0.29, 0.717) is 67.4 Å². The molecule has 0 unspecified atom stereocenters. The molecule has 0 radical (unpaired) electrons. The van der Waals surface area contributed by atoms with E-state index in [4.69, 9.17) is 9.97 Å². The Hall–Kier alpha value is -4.73. The maximum Gasteiger partial charge on any atom is 0.270 e. The number of carbonyl (C=O) groups excluding carboxylic acids is 3. The lowest BCUT2D eigenvalue weighted by Gasteiger charge is -2.40. The number of carbonyl (C=O) groups is 3. The topological polar surface area (TPSA) is 132 Å². The number of likely N-dealkylation sites (tertiary alicyclic amines) is 1. The fraction of sp³-hybridized carbons (Fsp3) is 0.300. The second-order valence-electron chi connectivity index (χ2n) is 9.94. The second kappa shape index (κ2) is 11.6. The van der Waals surface area contributed by atoms with E-state index in [0.717, 1.165) is 11.1 Å². The molecule has 40 heavy (non-hydrogen) atoms. The molecule has 5 rings (SSSR count). The molecule has 0 aliphatic carbocycles. The number of piperidine rings is 1. The van der Waals surface area contributed by atoms with Crippen molar-refractivity contribution in [2.75, 3.05) is 38.5 Å². The molecule has 1 saturated heterocycles. The van der Waals surface area contributed by atoms with Crippen LogP contribution in [0.3, 0.4) is 0 Å². The van der Waals surface area contributed by atoms with E-state index in [9.17, 15) is 14.4 Å². The monoisotopic (exact) mass is 539 g/mol. The van der Waals surface area contributed by atoms with Crippen molar-refractivity contribution in [1.82, 2.24) is 30.5 Å². The Morgan fingerprint density at radius 2 is 1.62 bits per heavy atom. The molecule has 3 amide bonds. The summed E-state index contributed by atoms with van der Waals surface area (Å²) in [5.41, 5.74) is 2.09. The van der Waals surface area contributed by atoms with Crippen LogP contribution in [0.2, 0.25) is 0 Å².